The lowest BCUT2D eigenvalue weighted by molar-refractivity contribution is 0.0999. The van der Waals surface area contributed by atoms with E-state index in [4.69, 9.17) is 10.5 Å². The van der Waals surface area contributed by atoms with Gasteiger partial charge < -0.3 is 10.5 Å². The van der Waals surface area contributed by atoms with Crippen molar-refractivity contribution < 1.29 is 9.53 Å². The average Bonchev–Trinajstić information content (AvgIpc) is 2.70. The summed E-state index contributed by atoms with van der Waals surface area (Å²) in [6, 6.07) is 7.49. The van der Waals surface area contributed by atoms with Crippen LogP contribution in [0.5, 0.6) is 0 Å². The molecule has 2 rings (SSSR count). The molecule has 0 spiro atoms. The third-order valence-corrected chi connectivity index (χ3v) is 2.60. The molecule has 0 radical (unpaired) electrons. The quantitative estimate of drug-likeness (QED) is 0.836. The van der Waals surface area contributed by atoms with Crippen molar-refractivity contribution in [1.82, 2.24) is 0 Å². The van der Waals surface area contributed by atoms with Gasteiger partial charge in [0.15, 0.2) is 0 Å². The lowest BCUT2D eigenvalue weighted by Gasteiger charge is -2.11. The minimum absolute atomic E-state index is 0. The van der Waals surface area contributed by atoms with E-state index in [1.54, 1.807) is 6.07 Å². The molecule has 0 unspecified atom stereocenters. The third kappa shape index (κ3) is 2.49. The minimum Gasteiger partial charge on any atom is -0.381 e. The van der Waals surface area contributed by atoms with Gasteiger partial charge in [0, 0.05) is 18.1 Å². The SMILES string of the molecule is Cl.NC(=O)c1ccccc1[C@H]1CCOC1. The van der Waals surface area contributed by atoms with Gasteiger partial charge in [0.1, 0.15) is 0 Å². The molecule has 1 heterocycles. The van der Waals surface area contributed by atoms with Gasteiger partial charge in [-0.1, -0.05) is 18.2 Å². The van der Waals surface area contributed by atoms with Crippen LogP contribution >= 0.6 is 12.4 Å². The number of carbonyl (C=O) groups is 1. The van der Waals surface area contributed by atoms with Crippen LogP contribution in [0.4, 0.5) is 0 Å². The first kappa shape index (κ1) is 12.0. The molecule has 1 atom stereocenters. The van der Waals surface area contributed by atoms with E-state index in [1.165, 1.54) is 0 Å². The van der Waals surface area contributed by atoms with Gasteiger partial charge in [0.2, 0.25) is 5.91 Å². The first-order valence-corrected chi connectivity index (χ1v) is 4.75. The van der Waals surface area contributed by atoms with E-state index in [0.717, 1.165) is 18.6 Å². The second-order valence-corrected chi connectivity index (χ2v) is 3.51. The van der Waals surface area contributed by atoms with Gasteiger partial charge in [-0.2, -0.15) is 0 Å². The van der Waals surface area contributed by atoms with Gasteiger partial charge in [-0.15, -0.1) is 12.4 Å². The molecule has 1 aromatic carbocycles. The summed E-state index contributed by atoms with van der Waals surface area (Å²) in [5, 5.41) is 0. The molecule has 0 saturated carbocycles. The number of nitrogens with two attached hydrogens (primary N) is 1. The van der Waals surface area contributed by atoms with Crippen LogP contribution in [0.15, 0.2) is 24.3 Å². The minimum atomic E-state index is -0.354. The summed E-state index contributed by atoms with van der Waals surface area (Å²) in [6.07, 6.45) is 0.976. The molecule has 1 amide bonds. The van der Waals surface area contributed by atoms with Crippen LogP contribution in [0, 0.1) is 0 Å². The van der Waals surface area contributed by atoms with E-state index < -0.39 is 0 Å². The lowest BCUT2D eigenvalue weighted by Crippen LogP contribution is -2.15. The summed E-state index contributed by atoms with van der Waals surface area (Å²) in [7, 11) is 0. The van der Waals surface area contributed by atoms with Crippen LogP contribution in [0.3, 0.4) is 0 Å². The molecule has 1 aromatic rings. The van der Waals surface area contributed by atoms with Crippen molar-refractivity contribution in [3.8, 4) is 0 Å². The Kier molecular flexibility index (Phi) is 4.12. The average molecular weight is 228 g/mol. The van der Waals surface area contributed by atoms with Crippen LogP contribution in [-0.2, 0) is 4.74 Å². The molecule has 2 N–H and O–H groups in total. The molecule has 82 valence electrons. The van der Waals surface area contributed by atoms with Gasteiger partial charge in [-0.05, 0) is 18.1 Å². The van der Waals surface area contributed by atoms with E-state index in [-0.39, 0.29) is 18.3 Å². The van der Waals surface area contributed by atoms with Crippen molar-refractivity contribution in [2.75, 3.05) is 13.2 Å². The molecule has 1 saturated heterocycles. The van der Waals surface area contributed by atoms with Crippen molar-refractivity contribution in [2.24, 2.45) is 5.73 Å². The molecule has 0 aromatic heterocycles. The largest absolute Gasteiger partial charge is 0.381 e. The van der Waals surface area contributed by atoms with E-state index >= 15 is 0 Å². The number of hydrogen-bond donors (Lipinski definition) is 1. The lowest BCUT2D eigenvalue weighted by atomic mass is 9.93. The summed E-state index contributed by atoms with van der Waals surface area (Å²) >= 11 is 0. The first-order chi connectivity index (χ1) is 6.79. The number of halogens is 1. The molecule has 0 bridgehead atoms. The Morgan fingerprint density at radius 3 is 2.73 bits per heavy atom. The highest BCUT2D eigenvalue weighted by Crippen LogP contribution is 2.27. The molecule has 4 heteroatoms. The fourth-order valence-corrected chi connectivity index (χ4v) is 1.86. The van der Waals surface area contributed by atoms with Gasteiger partial charge in [0.05, 0.1) is 6.61 Å². The molecule has 1 aliphatic heterocycles. The van der Waals surface area contributed by atoms with E-state index in [9.17, 15) is 4.79 Å². The Balaban J connectivity index is 0.00000112. The molecule has 1 fully saturated rings. The second kappa shape index (κ2) is 5.14. The van der Waals surface area contributed by atoms with E-state index in [0.29, 0.717) is 18.1 Å². The molecule has 3 nitrogen and oxygen atoms in total. The number of primary amides is 1. The van der Waals surface area contributed by atoms with Gasteiger partial charge in [0.25, 0.3) is 0 Å². The number of benzene rings is 1. The van der Waals surface area contributed by atoms with Gasteiger partial charge >= 0.3 is 0 Å². The Labute approximate surface area is 95.0 Å². The number of ether oxygens (including phenoxy) is 1. The fraction of sp³-hybridized carbons (Fsp3) is 0.364. The van der Waals surface area contributed by atoms with Gasteiger partial charge in [-0.3, -0.25) is 4.79 Å². The van der Waals surface area contributed by atoms with Crippen molar-refractivity contribution in [1.29, 1.82) is 0 Å². The highest BCUT2D eigenvalue weighted by atomic mass is 35.5. The fourth-order valence-electron chi connectivity index (χ4n) is 1.86. The van der Waals surface area contributed by atoms with Crippen LogP contribution in [0.2, 0.25) is 0 Å². The monoisotopic (exact) mass is 227 g/mol. The van der Waals surface area contributed by atoms with Gasteiger partial charge in [-0.25, -0.2) is 0 Å². The predicted octanol–water partition coefficient (Wildman–Crippen LogP) is 1.71. The van der Waals surface area contributed by atoms with E-state index in [1.807, 2.05) is 18.2 Å². The van der Waals surface area contributed by atoms with E-state index in [2.05, 4.69) is 0 Å². The summed E-state index contributed by atoms with van der Waals surface area (Å²) in [5.74, 6) is -0.0220. The van der Waals surface area contributed by atoms with Crippen molar-refractivity contribution in [3.63, 3.8) is 0 Å². The zero-order valence-electron chi connectivity index (χ0n) is 8.31. The maximum atomic E-state index is 11.2. The number of rotatable bonds is 2. The Bertz CT molecular complexity index is 348. The highest BCUT2D eigenvalue weighted by molar-refractivity contribution is 5.94. The van der Waals surface area contributed by atoms with Crippen LogP contribution < -0.4 is 5.73 Å². The Hall–Kier alpha value is -1.06. The summed E-state index contributed by atoms with van der Waals surface area (Å²) in [4.78, 5) is 11.2. The van der Waals surface area contributed by atoms with Crippen LogP contribution in [0.1, 0.15) is 28.3 Å². The topological polar surface area (TPSA) is 52.3 Å². The maximum Gasteiger partial charge on any atom is 0.248 e. The van der Waals surface area contributed by atoms with Crippen molar-refractivity contribution in [3.05, 3.63) is 35.4 Å². The Morgan fingerprint density at radius 1 is 1.40 bits per heavy atom. The van der Waals surface area contributed by atoms with Crippen molar-refractivity contribution in [2.45, 2.75) is 12.3 Å². The zero-order chi connectivity index (χ0) is 9.97. The molecular weight excluding hydrogens is 214 g/mol. The number of amides is 1. The maximum absolute atomic E-state index is 11.2. The zero-order valence-corrected chi connectivity index (χ0v) is 9.13. The molecule has 1 aliphatic rings. The molecule has 15 heavy (non-hydrogen) atoms. The number of carbonyl (C=O) groups excluding carboxylic acids is 1. The third-order valence-electron chi connectivity index (χ3n) is 2.60. The van der Waals surface area contributed by atoms with Crippen LogP contribution in [0.25, 0.3) is 0 Å². The second-order valence-electron chi connectivity index (χ2n) is 3.51. The highest BCUT2D eigenvalue weighted by Gasteiger charge is 2.21. The van der Waals surface area contributed by atoms with Crippen LogP contribution in [-0.4, -0.2) is 19.1 Å². The molecular formula is C11H14ClNO2. The predicted molar refractivity (Wildman–Crippen MR) is 60.4 cm³/mol. The normalized spacial score (nSPS) is 19.6. The summed E-state index contributed by atoms with van der Waals surface area (Å²) in [6.45, 7) is 1.47. The summed E-state index contributed by atoms with van der Waals surface area (Å²) < 4.78 is 5.29. The van der Waals surface area contributed by atoms with Crippen molar-refractivity contribution >= 4 is 18.3 Å². The molecule has 0 aliphatic carbocycles. The first-order valence-electron chi connectivity index (χ1n) is 4.75. The smallest absolute Gasteiger partial charge is 0.248 e. The standard InChI is InChI=1S/C11H13NO2.ClH/c12-11(13)10-4-2-1-3-9(10)8-5-6-14-7-8;/h1-4,8H,5-7H2,(H2,12,13);1H/t8-;/m0./s1. The Morgan fingerprint density at radius 2 is 2.13 bits per heavy atom. The summed E-state index contributed by atoms with van der Waals surface area (Å²) in [5.41, 5.74) is 6.96. The number of hydrogen-bond acceptors (Lipinski definition) is 2.